The molecule has 33 heavy (non-hydrogen) atoms. The van der Waals surface area contributed by atoms with E-state index in [1.165, 1.54) is 41.0 Å². The molecule has 1 atom stereocenters. The second kappa shape index (κ2) is 9.16. The maximum absolute atomic E-state index is 13.5. The predicted molar refractivity (Wildman–Crippen MR) is 121 cm³/mol. The van der Waals surface area contributed by atoms with Crippen molar-refractivity contribution in [1.82, 2.24) is 24.5 Å². The fraction of sp³-hybridized carbons (Fsp3) is 0.455. The number of amides is 1. The normalized spacial score (nSPS) is 18.4. The molecule has 2 aliphatic carbocycles. The average Bonchev–Trinajstić information content (AvgIpc) is 3.17. The number of pyridine rings is 1. The van der Waals surface area contributed by atoms with Gasteiger partial charge in [-0.3, -0.25) is 9.59 Å². The number of hydrogen-bond acceptors (Lipinski definition) is 6. The van der Waals surface area contributed by atoms with E-state index < -0.39 is 17.9 Å². The van der Waals surface area contributed by atoms with E-state index in [1.54, 1.807) is 38.5 Å². The van der Waals surface area contributed by atoms with Crippen LogP contribution in [0.2, 0.25) is 0 Å². The van der Waals surface area contributed by atoms with Gasteiger partial charge >= 0.3 is 0 Å². The Morgan fingerprint density at radius 2 is 1.97 bits per heavy atom. The molecule has 0 aromatic carbocycles. The number of carbonyl (C=O) groups is 1. The van der Waals surface area contributed by atoms with E-state index in [0.29, 0.717) is 17.3 Å². The number of fused-ring (bicyclic) bond motifs is 1. The van der Waals surface area contributed by atoms with Crippen LogP contribution < -0.4 is 21.5 Å². The minimum Gasteiger partial charge on any atom is -0.373 e. The van der Waals surface area contributed by atoms with Crippen LogP contribution in [-0.4, -0.2) is 44.1 Å². The number of nitrogens with one attached hydrogen (secondary N) is 3. The first-order valence-electron chi connectivity index (χ1n) is 11.0. The van der Waals surface area contributed by atoms with Crippen LogP contribution in [0.25, 0.3) is 5.65 Å². The van der Waals surface area contributed by atoms with Crippen molar-refractivity contribution in [3.8, 4) is 0 Å². The minimum absolute atomic E-state index is 0.0637. The van der Waals surface area contributed by atoms with E-state index in [-0.39, 0.29) is 29.6 Å². The molecular weight excluding hydrogens is 432 g/mol. The van der Waals surface area contributed by atoms with Crippen molar-refractivity contribution in [3.05, 3.63) is 46.5 Å². The Morgan fingerprint density at radius 1 is 1.24 bits per heavy atom. The number of nitrogens with zero attached hydrogens (tertiary/aromatic N) is 4. The fourth-order valence-electron chi connectivity index (χ4n) is 3.37. The van der Waals surface area contributed by atoms with Crippen LogP contribution in [0.1, 0.15) is 48.9 Å². The number of halogens is 2. The zero-order valence-corrected chi connectivity index (χ0v) is 18.6. The van der Waals surface area contributed by atoms with Crippen molar-refractivity contribution >= 4 is 28.9 Å². The van der Waals surface area contributed by atoms with E-state index in [1.807, 2.05) is 0 Å². The summed E-state index contributed by atoms with van der Waals surface area (Å²) in [6, 6.07) is 3.74. The van der Waals surface area contributed by atoms with Crippen LogP contribution in [0.5, 0.6) is 0 Å². The third-order valence-electron chi connectivity index (χ3n) is 5.94. The van der Waals surface area contributed by atoms with Crippen LogP contribution in [0.3, 0.4) is 0 Å². The molecule has 3 heterocycles. The van der Waals surface area contributed by atoms with Crippen molar-refractivity contribution in [1.29, 1.82) is 0 Å². The van der Waals surface area contributed by atoms with Crippen LogP contribution in [0, 0.1) is 0 Å². The highest BCUT2D eigenvalue weighted by Gasteiger charge is 2.49. The number of carbonyl (C=O) groups excluding carboxylic acids is 1. The lowest BCUT2D eigenvalue weighted by Crippen LogP contribution is -2.55. The van der Waals surface area contributed by atoms with E-state index in [0.717, 1.165) is 0 Å². The molecule has 3 aromatic rings. The Labute approximate surface area is 189 Å². The molecular formula is C22H27F2N7O2. The lowest BCUT2D eigenvalue weighted by Gasteiger charge is -2.36. The number of anilines is 3. The lowest BCUT2D eigenvalue weighted by molar-refractivity contribution is -0.102. The van der Waals surface area contributed by atoms with Gasteiger partial charge in [-0.15, -0.1) is 0 Å². The zero-order valence-electron chi connectivity index (χ0n) is 18.6. The summed E-state index contributed by atoms with van der Waals surface area (Å²) in [4.78, 5) is 29.2. The van der Waals surface area contributed by atoms with Crippen molar-refractivity contribution in [3.63, 3.8) is 0 Å². The van der Waals surface area contributed by atoms with Gasteiger partial charge < -0.3 is 20.5 Å². The van der Waals surface area contributed by atoms with Gasteiger partial charge in [0, 0.05) is 32.8 Å². The molecule has 176 valence electrons. The Balaban J connectivity index is 0.000000586. The summed E-state index contributed by atoms with van der Waals surface area (Å²) in [5.41, 5.74) is 0.286. The van der Waals surface area contributed by atoms with E-state index in [4.69, 9.17) is 0 Å². The molecule has 3 N–H and O–H groups in total. The lowest BCUT2D eigenvalue weighted by atomic mass is 9.88. The summed E-state index contributed by atoms with van der Waals surface area (Å²) < 4.78 is 29.8. The smallest absolute Gasteiger partial charge is 0.274 e. The third kappa shape index (κ3) is 4.67. The highest BCUT2D eigenvalue weighted by Crippen LogP contribution is 2.37. The summed E-state index contributed by atoms with van der Waals surface area (Å²) in [6.07, 6.45) is 8.88. The average molecular weight is 460 g/mol. The number of aromatic nitrogens is 4. The molecule has 5 rings (SSSR count). The number of hydrogen-bond donors (Lipinski definition) is 3. The molecule has 11 heteroatoms. The molecule has 0 radical (unpaired) electrons. The number of alkyl halides is 2. The van der Waals surface area contributed by atoms with Gasteiger partial charge in [-0.25, -0.2) is 13.8 Å². The van der Waals surface area contributed by atoms with E-state index in [9.17, 15) is 18.4 Å². The molecule has 0 bridgehead atoms. The molecule has 3 aromatic heterocycles. The first-order chi connectivity index (χ1) is 15.8. The first kappa shape index (κ1) is 22.7. The maximum atomic E-state index is 13.5. The Hall–Kier alpha value is -3.50. The van der Waals surface area contributed by atoms with Gasteiger partial charge in [0.25, 0.3) is 17.4 Å². The predicted octanol–water partition coefficient (Wildman–Crippen LogP) is 3.30. The third-order valence-corrected chi connectivity index (χ3v) is 5.94. The molecule has 0 spiro atoms. The van der Waals surface area contributed by atoms with E-state index in [2.05, 4.69) is 26.0 Å². The van der Waals surface area contributed by atoms with Crippen molar-refractivity contribution in [2.75, 3.05) is 17.7 Å². The van der Waals surface area contributed by atoms with Crippen molar-refractivity contribution < 1.29 is 13.6 Å². The minimum atomic E-state index is -2.90. The monoisotopic (exact) mass is 459 g/mol. The Bertz CT molecular complexity index is 1210. The van der Waals surface area contributed by atoms with Gasteiger partial charge in [-0.2, -0.15) is 9.61 Å². The fourth-order valence-corrected chi connectivity index (χ4v) is 3.37. The Morgan fingerprint density at radius 3 is 2.55 bits per heavy atom. The molecule has 0 unspecified atom stereocenters. The van der Waals surface area contributed by atoms with Crippen LogP contribution in [0.4, 0.5) is 26.1 Å². The molecule has 1 amide bonds. The summed E-state index contributed by atoms with van der Waals surface area (Å²) in [6.45, 7) is 0. The molecule has 2 saturated carbocycles. The van der Waals surface area contributed by atoms with Gasteiger partial charge in [0.15, 0.2) is 5.65 Å². The second-order valence-electron chi connectivity index (χ2n) is 8.27. The largest absolute Gasteiger partial charge is 0.373 e. The SMILES string of the molecule is C1CCC1.CNc1cc(Nc2cccn(C)c2=O)nc2c(C(=O)N[C@H]3CCC3(F)F)cnn12. The highest BCUT2D eigenvalue weighted by atomic mass is 19.3. The number of aryl methyl sites for hydroxylation is 1. The second-order valence-corrected chi connectivity index (χ2v) is 8.27. The zero-order chi connectivity index (χ0) is 23.6. The summed E-state index contributed by atoms with van der Waals surface area (Å²) in [7, 11) is 3.29. The van der Waals surface area contributed by atoms with Gasteiger partial charge in [-0.05, 0) is 18.6 Å². The van der Waals surface area contributed by atoms with Crippen molar-refractivity contribution in [2.24, 2.45) is 7.05 Å². The Kier molecular flexibility index (Phi) is 6.30. The van der Waals surface area contributed by atoms with Crippen LogP contribution >= 0.6 is 0 Å². The molecule has 0 aliphatic heterocycles. The quantitative estimate of drug-likeness (QED) is 0.541. The van der Waals surface area contributed by atoms with Gasteiger partial charge in [0.2, 0.25) is 0 Å². The number of rotatable bonds is 5. The van der Waals surface area contributed by atoms with Crippen molar-refractivity contribution in [2.45, 2.75) is 50.5 Å². The molecule has 2 fully saturated rings. The topological polar surface area (TPSA) is 105 Å². The molecule has 0 saturated heterocycles. The standard InChI is InChI=1S/C18H19F2N7O2.C4H8/c1-21-14-8-13(23-11-4-3-7-26(2)17(11)29)25-15-10(9-22-27(14)15)16(28)24-12-5-6-18(12,19)20;1-2-4-3-1/h3-4,7-9,12,21H,5-6H2,1-2H3,(H,23,25)(H,24,28);1-4H2/t12-;/m0./s1. The summed E-state index contributed by atoms with van der Waals surface area (Å²) in [5.74, 6) is -2.78. The first-order valence-corrected chi connectivity index (χ1v) is 11.0. The summed E-state index contributed by atoms with van der Waals surface area (Å²) >= 11 is 0. The van der Waals surface area contributed by atoms with Crippen LogP contribution in [-0.2, 0) is 7.05 Å². The maximum Gasteiger partial charge on any atom is 0.274 e. The van der Waals surface area contributed by atoms with E-state index >= 15 is 0 Å². The molecule has 9 nitrogen and oxygen atoms in total. The van der Waals surface area contributed by atoms with Gasteiger partial charge in [0.1, 0.15) is 22.9 Å². The summed E-state index contributed by atoms with van der Waals surface area (Å²) in [5, 5.41) is 12.3. The molecule has 2 aliphatic rings. The van der Waals surface area contributed by atoms with Crippen LogP contribution in [0.15, 0.2) is 35.4 Å². The highest BCUT2D eigenvalue weighted by molar-refractivity contribution is 6.00. The van der Waals surface area contributed by atoms with Gasteiger partial charge in [0.05, 0.1) is 12.2 Å². The van der Waals surface area contributed by atoms with Gasteiger partial charge in [-0.1, -0.05) is 25.7 Å².